The lowest BCUT2D eigenvalue weighted by atomic mass is 10.0. The molecule has 0 N–H and O–H groups in total. The van der Waals surface area contributed by atoms with Gasteiger partial charge in [-0.1, -0.05) is 29.3 Å². The molecule has 2 heterocycles. The molecule has 0 aromatic heterocycles. The van der Waals surface area contributed by atoms with Gasteiger partial charge in [-0.2, -0.15) is 0 Å². The van der Waals surface area contributed by atoms with E-state index in [1.54, 1.807) is 12.1 Å². The first kappa shape index (κ1) is 19.9. The molecule has 1 saturated heterocycles. The van der Waals surface area contributed by atoms with Crippen LogP contribution in [0.4, 0.5) is 14.5 Å². The first-order valence-corrected chi connectivity index (χ1v) is 9.92. The van der Waals surface area contributed by atoms with E-state index in [9.17, 15) is 18.4 Å². The lowest BCUT2D eigenvalue weighted by molar-refractivity contribution is -0.120. The Morgan fingerprint density at radius 1 is 0.862 bits per heavy atom. The molecule has 0 aliphatic carbocycles. The fourth-order valence-corrected chi connectivity index (χ4v) is 4.24. The number of anilines is 1. The molecule has 4 rings (SSSR count). The highest BCUT2D eigenvalue weighted by molar-refractivity contribution is 6.47. The summed E-state index contributed by atoms with van der Waals surface area (Å²) in [6, 6.07) is 7.25. The van der Waals surface area contributed by atoms with E-state index in [4.69, 9.17) is 23.2 Å². The second kappa shape index (κ2) is 7.76. The van der Waals surface area contributed by atoms with Crippen molar-refractivity contribution in [2.45, 2.75) is 19.3 Å². The number of nitrogens with zero attached hydrogens (tertiary/aromatic N) is 2. The lowest BCUT2D eigenvalue weighted by Gasteiger charge is -2.29. The van der Waals surface area contributed by atoms with Crippen LogP contribution in [0.3, 0.4) is 0 Å². The first-order valence-electron chi connectivity index (χ1n) is 9.17. The second-order valence-corrected chi connectivity index (χ2v) is 7.78. The van der Waals surface area contributed by atoms with Crippen LogP contribution in [-0.4, -0.2) is 29.8 Å². The molecule has 0 unspecified atom stereocenters. The summed E-state index contributed by atoms with van der Waals surface area (Å²) in [5.41, 5.74) is 0.133. The molecule has 0 atom stereocenters. The molecule has 2 amide bonds. The molecule has 8 heteroatoms. The summed E-state index contributed by atoms with van der Waals surface area (Å²) >= 11 is 12.3. The van der Waals surface area contributed by atoms with Crippen LogP contribution >= 0.6 is 23.2 Å². The van der Waals surface area contributed by atoms with Gasteiger partial charge < -0.3 is 4.90 Å². The maximum Gasteiger partial charge on any atom is 0.282 e. The van der Waals surface area contributed by atoms with E-state index in [1.165, 1.54) is 6.07 Å². The molecule has 4 nitrogen and oxygen atoms in total. The van der Waals surface area contributed by atoms with Crippen molar-refractivity contribution in [2.24, 2.45) is 0 Å². The zero-order valence-electron chi connectivity index (χ0n) is 15.2. The number of piperidine rings is 1. The number of likely N-dealkylation sites (tertiary alicyclic amines) is 1. The molecular weight excluding hydrogens is 421 g/mol. The summed E-state index contributed by atoms with van der Waals surface area (Å²) in [4.78, 5) is 29.1. The first-order chi connectivity index (χ1) is 13.9. The Balaban J connectivity index is 1.89. The summed E-state index contributed by atoms with van der Waals surface area (Å²) in [6.45, 7) is 1.17. The molecule has 150 valence electrons. The van der Waals surface area contributed by atoms with Crippen molar-refractivity contribution in [3.05, 3.63) is 69.3 Å². The monoisotopic (exact) mass is 436 g/mol. The van der Waals surface area contributed by atoms with Gasteiger partial charge in [0, 0.05) is 29.7 Å². The van der Waals surface area contributed by atoms with Gasteiger partial charge in [0.25, 0.3) is 11.8 Å². The zero-order valence-corrected chi connectivity index (χ0v) is 16.7. The van der Waals surface area contributed by atoms with Crippen molar-refractivity contribution in [1.29, 1.82) is 0 Å². The maximum atomic E-state index is 14.4. The molecule has 0 bridgehead atoms. The highest BCUT2D eigenvalue weighted by atomic mass is 35.5. The smallest absolute Gasteiger partial charge is 0.282 e. The standard InChI is InChI=1S/C21H16Cl2F2N2O2/c22-12-4-6-14(15(23)10-12)18-19(26-8-2-1-3-9-26)21(29)27(20(18)28)17-11-13(24)5-7-16(17)25/h4-7,10-11H,1-3,8-9H2. The summed E-state index contributed by atoms with van der Waals surface area (Å²) in [6.07, 6.45) is 2.74. The average Bonchev–Trinajstić information content (AvgIpc) is 2.95. The van der Waals surface area contributed by atoms with Crippen molar-refractivity contribution < 1.29 is 18.4 Å². The van der Waals surface area contributed by atoms with Gasteiger partial charge in [-0.05, 0) is 43.5 Å². The molecule has 1 fully saturated rings. The highest BCUT2D eigenvalue weighted by Crippen LogP contribution is 2.39. The van der Waals surface area contributed by atoms with E-state index < -0.39 is 29.1 Å². The van der Waals surface area contributed by atoms with Crippen LogP contribution in [0.15, 0.2) is 42.1 Å². The Labute approximate surface area is 176 Å². The number of hydrogen-bond acceptors (Lipinski definition) is 3. The van der Waals surface area contributed by atoms with Crippen LogP contribution in [0, 0.1) is 11.6 Å². The molecule has 2 aromatic carbocycles. The summed E-state index contributed by atoms with van der Waals surface area (Å²) in [7, 11) is 0. The van der Waals surface area contributed by atoms with E-state index in [1.807, 2.05) is 4.90 Å². The van der Waals surface area contributed by atoms with Gasteiger partial charge in [-0.25, -0.2) is 13.7 Å². The largest absolute Gasteiger partial charge is 0.366 e. The van der Waals surface area contributed by atoms with Crippen molar-refractivity contribution >= 4 is 46.3 Å². The van der Waals surface area contributed by atoms with Crippen LogP contribution in [0.1, 0.15) is 24.8 Å². The number of benzene rings is 2. The minimum atomic E-state index is -0.866. The molecule has 2 aliphatic rings. The normalized spacial score (nSPS) is 17.5. The van der Waals surface area contributed by atoms with Crippen LogP contribution in [0.25, 0.3) is 5.57 Å². The Kier molecular flexibility index (Phi) is 5.32. The summed E-state index contributed by atoms with van der Waals surface area (Å²) in [5.74, 6) is -3.05. The van der Waals surface area contributed by atoms with E-state index in [0.29, 0.717) is 28.6 Å². The number of carbonyl (C=O) groups excluding carboxylic acids is 2. The second-order valence-electron chi connectivity index (χ2n) is 6.94. The topological polar surface area (TPSA) is 40.6 Å². The Hall–Kier alpha value is -2.44. The molecule has 2 aromatic rings. The number of rotatable bonds is 3. The Morgan fingerprint density at radius 3 is 2.28 bits per heavy atom. The maximum absolute atomic E-state index is 14.4. The van der Waals surface area contributed by atoms with Crippen molar-refractivity contribution in [2.75, 3.05) is 18.0 Å². The minimum absolute atomic E-state index is 0.0715. The third-order valence-corrected chi connectivity index (χ3v) is 5.63. The third kappa shape index (κ3) is 3.51. The van der Waals surface area contributed by atoms with Crippen molar-refractivity contribution in [3.8, 4) is 0 Å². The summed E-state index contributed by atoms with van der Waals surface area (Å²) in [5, 5.41) is 0.577. The number of halogens is 4. The van der Waals surface area contributed by atoms with Crippen LogP contribution < -0.4 is 4.90 Å². The highest BCUT2D eigenvalue weighted by Gasteiger charge is 2.44. The Morgan fingerprint density at radius 2 is 1.59 bits per heavy atom. The molecule has 29 heavy (non-hydrogen) atoms. The third-order valence-electron chi connectivity index (χ3n) is 5.08. The van der Waals surface area contributed by atoms with Gasteiger partial charge in [-0.3, -0.25) is 9.59 Å². The fourth-order valence-electron chi connectivity index (χ4n) is 3.74. The molecule has 2 aliphatic heterocycles. The molecule has 0 spiro atoms. The van der Waals surface area contributed by atoms with Crippen molar-refractivity contribution in [3.63, 3.8) is 0 Å². The minimum Gasteiger partial charge on any atom is -0.366 e. The number of carbonyl (C=O) groups is 2. The number of hydrogen-bond donors (Lipinski definition) is 0. The quantitative estimate of drug-likeness (QED) is 0.632. The van der Waals surface area contributed by atoms with Crippen LogP contribution in [0.2, 0.25) is 10.0 Å². The average molecular weight is 437 g/mol. The SMILES string of the molecule is O=C1C(c2ccc(Cl)cc2Cl)=C(N2CCCCC2)C(=O)N1c1cc(F)ccc1F. The molecule has 0 radical (unpaired) electrons. The van der Waals surface area contributed by atoms with E-state index in [2.05, 4.69) is 0 Å². The fraction of sp³-hybridized carbons (Fsp3) is 0.238. The van der Waals surface area contributed by atoms with Gasteiger partial charge in [0.2, 0.25) is 0 Å². The zero-order chi connectivity index (χ0) is 20.7. The van der Waals surface area contributed by atoms with Gasteiger partial charge in [0.1, 0.15) is 17.3 Å². The van der Waals surface area contributed by atoms with Gasteiger partial charge in [-0.15, -0.1) is 0 Å². The lowest BCUT2D eigenvalue weighted by Crippen LogP contribution is -2.37. The van der Waals surface area contributed by atoms with Crippen molar-refractivity contribution in [1.82, 2.24) is 4.90 Å². The van der Waals surface area contributed by atoms with Crippen LogP contribution in [0.5, 0.6) is 0 Å². The van der Waals surface area contributed by atoms with Gasteiger partial charge in [0.05, 0.1) is 16.3 Å². The van der Waals surface area contributed by atoms with Gasteiger partial charge in [0.15, 0.2) is 0 Å². The van der Waals surface area contributed by atoms with Gasteiger partial charge >= 0.3 is 0 Å². The van der Waals surface area contributed by atoms with Crippen LogP contribution in [-0.2, 0) is 9.59 Å². The van der Waals surface area contributed by atoms with E-state index in [-0.39, 0.29) is 16.3 Å². The predicted molar refractivity (Wildman–Crippen MR) is 108 cm³/mol. The predicted octanol–water partition coefficient (Wildman–Crippen LogP) is 5.04. The van der Waals surface area contributed by atoms with E-state index >= 15 is 0 Å². The molecular formula is C21H16Cl2F2N2O2. The number of amides is 2. The van der Waals surface area contributed by atoms with E-state index in [0.717, 1.165) is 37.5 Å². The number of imide groups is 1. The molecule has 0 saturated carbocycles. The summed E-state index contributed by atoms with van der Waals surface area (Å²) < 4.78 is 28.2. The Bertz CT molecular complexity index is 1050.